The number of aliphatic hydroxyl groups excluding tert-OH is 1. The first-order valence-corrected chi connectivity index (χ1v) is 6.56. The Bertz CT molecular complexity index is 195. The summed E-state index contributed by atoms with van der Waals surface area (Å²) >= 11 is 0. The molecular weight excluding hydrogens is 188 g/mol. The Kier molecular flexibility index (Phi) is 3.68. The van der Waals surface area contributed by atoms with Gasteiger partial charge in [-0.2, -0.15) is 0 Å². The van der Waals surface area contributed by atoms with Crippen molar-refractivity contribution >= 4 is 0 Å². The summed E-state index contributed by atoms with van der Waals surface area (Å²) in [6, 6.07) is 0. The standard InChI is InChI=1S/C13H24O2/c1-11(14)5-4-6-12-7-10-13(15-12)8-2-3-9-13/h11-12,14H,2-10H2,1H3. The molecule has 0 aromatic carbocycles. The van der Waals surface area contributed by atoms with Crippen LogP contribution in [0.25, 0.3) is 0 Å². The summed E-state index contributed by atoms with van der Waals surface area (Å²) in [7, 11) is 0. The van der Waals surface area contributed by atoms with E-state index < -0.39 is 0 Å². The third-order valence-electron chi connectivity index (χ3n) is 4.00. The quantitative estimate of drug-likeness (QED) is 0.776. The van der Waals surface area contributed by atoms with Crippen molar-refractivity contribution in [3.05, 3.63) is 0 Å². The molecule has 88 valence electrons. The van der Waals surface area contributed by atoms with Gasteiger partial charge >= 0.3 is 0 Å². The maximum absolute atomic E-state index is 9.19. The fraction of sp³-hybridized carbons (Fsp3) is 1.00. The summed E-state index contributed by atoms with van der Waals surface area (Å²) in [4.78, 5) is 0. The average Bonchev–Trinajstić information content (AvgIpc) is 2.78. The summed E-state index contributed by atoms with van der Waals surface area (Å²) in [5.74, 6) is 0. The molecule has 1 aliphatic carbocycles. The van der Waals surface area contributed by atoms with Gasteiger partial charge in [0.2, 0.25) is 0 Å². The van der Waals surface area contributed by atoms with Crippen LogP contribution < -0.4 is 0 Å². The highest BCUT2D eigenvalue weighted by molar-refractivity contribution is 4.92. The minimum absolute atomic E-state index is 0.146. The minimum atomic E-state index is -0.146. The molecule has 2 aliphatic rings. The zero-order chi connectivity index (χ0) is 10.7. The largest absolute Gasteiger partial charge is 0.393 e. The van der Waals surface area contributed by atoms with Gasteiger partial charge in [0, 0.05) is 0 Å². The van der Waals surface area contributed by atoms with E-state index in [0.29, 0.717) is 6.10 Å². The highest BCUT2D eigenvalue weighted by Gasteiger charge is 2.41. The lowest BCUT2D eigenvalue weighted by Gasteiger charge is -2.23. The first-order valence-electron chi connectivity index (χ1n) is 6.56. The summed E-state index contributed by atoms with van der Waals surface area (Å²) in [6.07, 6.45) is 11.4. The third-order valence-corrected chi connectivity index (χ3v) is 4.00. The van der Waals surface area contributed by atoms with Gasteiger partial charge in [0.25, 0.3) is 0 Å². The normalized spacial score (nSPS) is 31.2. The lowest BCUT2D eigenvalue weighted by Crippen LogP contribution is -2.24. The van der Waals surface area contributed by atoms with E-state index in [1.807, 2.05) is 6.92 Å². The van der Waals surface area contributed by atoms with Crippen molar-refractivity contribution < 1.29 is 9.84 Å². The Labute approximate surface area is 93.0 Å². The molecule has 2 heteroatoms. The Morgan fingerprint density at radius 3 is 2.73 bits per heavy atom. The monoisotopic (exact) mass is 212 g/mol. The molecule has 1 spiro atoms. The van der Waals surface area contributed by atoms with E-state index in [9.17, 15) is 5.11 Å². The highest BCUT2D eigenvalue weighted by atomic mass is 16.5. The van der Waals surface area contributed by atoms with Crippen molar-refractivity contribution in [2.45, 2.75) is 82.5 Å². The zero-order valence-electron chi connectivity index (χ0n) is 9.87. The minimum Gasteiger partial charge on any atom is -0.393 e. The van der Waals surface area contributed by atoms with Crippen LogP contribution >= 0.6 is 0 Å². The van der Waals surface area contributed by atoms with Crippen molar-refractivity contribution in [1.29, 1.82) is 0 Å². The number of hydrogen-bond donors (Lipinski definition) is 1. The van der Waals surface area contributed by atoms with E-state index in [1.54, 1.807) is 0 Å². The van der Waals surface area contributed by atoms with Gasteiger partial charge in [-0.25, -0.2) is 0 Å². The van der Waals surface area contributed by atoms with Crippen LogP contribution in [-0.2, 0) is 4.74 Å². The highest BCUT2D eigenvalue weighted by Crippen LogP contribution is 2.44. The second kappa shape index (κ2) is 4.84. The molecule has 0 radical (unpaired) electrons. The molecule has 1 saturated carbocycles. The first-order chi connectivity index (χ1) is 7.20. The van der Waals surface area contributed by atoms with Crippen LogP contribution in [0.4, 0.5) is 0 Å². The van der Waals surface area contributed by atoms with Gasteiger partial charge in [-0.3, -0.25) is 0 Å². The van der Waals surface area contributed by atoms with Crippen molar-refractivity contribution in [3.63, 3.8) is 0 Å². The van der Waals surface area contributed by atoms with Crippen LogP contribution in [0, 0.1) is 0 Å². The van der Waals surface area contributed by atoms with Gasteiger partial charge in [0.05, 0.1) is 17.8 Å². The predicted octanol–water partition coefficient (Wildman–Crippen LogP) is 3.03. The summed E-state index contributed by atoms with van der Waals surface area (Å²) in [5.41, 5.74) is 0.287. The third kappa shape index (κ3) is 2.94. The van der Waals surface area contributed by atoms with E-state index in [1.165, 1.54) is 38.5 Å². The smallest absolute Gasteiger partial charge is 0.0687 e. The molecule has 2 atom stereocenters. The number of hydrogen-bond acceptors (Lipinski definition) is 2. The van der Waals surface area contributed by atoms with Gasteiger partial charge in [-0.1, -0.05) is 12.8 Å². The molecule has 0 aromatic rings. The topological polar surface area (TPSA) is 29.5 Å². The Hall–Kier alpha value is -0.0800. The molecule has 15 heavy (non-hydrogen) atoms. The van der Waals surface area contributed by atoms with Crippen LogP contribution in [0.5, 0.6) is 0 Å². The Morgan fingerprint density at radius 1 is 1.33 bits per heavy atom. The van der Waals surface area contributed by atoms with E-state index in [0.717, 1.165) is 19.3 Å². The lowest BCUT2D eigenvalue weighted by atomic mass is 9.97. The molecule has 2 unspecified atom stereocenters. The van der Waals surface area contributed by atoms with Crippen LogP contribution in [0.1, 0.15) is 64.7 Å². The van der Waals surface area contributed by atoms with Gasteiger partial charge in [0.1, 0.15) is 0 Å². The Balaban J connectivity index is 1.68. The number of ether oxygens (including phenoxy) is 1. The molecule has 1 aliphatic heterocycles. The van der Waals surface area contributed by atoms with Gasteiger partial charge in [0.15, 0.2) is 0 Å². The van der Waals surface area contributed by atoms with Crippen molar-refractivity contribution in [3.8, 4) is 0 Å². The summed E-state index contributed by atoms with van der Waals surface area (Å²) in [6.45, 7) is 1.87. The molecule has 2 nitrogen and oxygen atoms in total. The van der Waals surface area contributed by atoms with E-state index in [-0.39, 0.29) is 11.7 Å². The van der Waals surface area contributed by atoms with E-state index in [2.05, 4.69) is 0 Å². The van der Waals surface area contributed by atoms with Crippen LogP contribution in [0.3, 0.4) is 0 Å². The van der Waals surface area contributed by atoms with Gasteiger partial charge in [-0.15, -0.1) is 0 Å². The molecule has 1 heterocycles. The van der Waals surface area contributed by atoms with Crippen molar-refractivity contribution in [2.24, 2.45) is 0 Å². The van der Waals surface area contributed by atoms with Crippen molar-refractivity contribution in [2.75, 3.05) is 0 Å². The second-order valence-electron chi connectivity index (χ2n) is 5.45. The summed E-state index contributed by atoms with van der Waals surface area (Å²) < 4.78 is 6.21. The SMILES string of the molecule is CC(O)CCCC1CCC2(CCCC2)O1. The average molecular weight is 212 g/mol. The second-order valence-corrected chi connectivity index (χ2v) is 5.45. The number of rotatable bonds is 4. The lowest BCUT2D eigenvalue weighted by molar-refractivity contribution is -0.0401. The molecule has 2 rings (SSSR count). The van der Waals surface area contributed by atoms with Gasteiger partial charge in [-0.05, 0) is 51.9 Å². The maximum Gasteiger partial charge on any atom is 0.0687 e. The maximum atomic E-state index is 9.19. The zero-order valence-corrected chi connectivity index (χ0v) is 9.87. The first kappa shape index (κ1) is 11.4. The van der Waals surface area contributed by atoms with E-state index >= 15 is 0 Å². The van der Waals surface area contributed by atoms with E-state index in [4.69, 9.17) is 4.74 Å². The molecule has 2 fully saturated rings. The summed E-state index contributed by atoms with van der Waals surface area (Å²) in [5, 5.41) is 9.19. The van der Waals surface area contributed by atoms with Crippen LogP contribution in [-0.4, -0.2) is 22.9 Å². The van der Waals surface area contributed by atoms with Crippen LogP contribution in [0.2, 0.25) is 0 Å². The molecule has 1 saturated heterocycles. The van der Waals surface area contributed by atoms with Crippen molar-refractivity contribution in [1.82, 2.24) is 0 Å². The fourth-order valence-corrected chi connectivity index (χ4v) is 3.13. The molecule has 0 aromatic heterocycles. The predicted molar refractivity (Wildman–Crippen MR) is 60.8 cm³/mol. The molecular formula is C13H24O2. The Morgan fingerprint density at radius 2 is 2.07 bits per heavy atom. The van der Waals surface area contributed by atoms with Crippen LogP contribution in [0.15, 0.2) is 0 Å². The molecule has 1 N–H and O–H groups in total. The number of aliphatic hydroxyl groups is 1. The fourth-order valence-electron chi connectivity index (χ4n) is 3.13. The van der Waals surface area contributed by atoms with Gasteiger partial charge < -0.3 is 9.84 Å². The molecule has 0 bridgehead atoms. The molecule has 0 amide bonds.